The van der Waals surface area contributed by atoms with Gasteiger partial charge in [0.1, 0.15) is 5.75 Å². The summed E-state index contributed by atoms with van der Waals surface area (Å²) in [5.74, 6) is 1.30. The molecule has 4 rings (SSSR count). The lowest BCUT2D eigenvalue weighted by atomic mass is 9.45. The second kappa shape index (κ2) is 7.36. The van der Waals surface area contributed by atoms with Crippen LogP contribution in [0, 0.1) is 11.3 Å². The van der Waals surface area contributed by atoms with Crippen molar-refractivity contribution in [3.63, 3.8) is 0 Å². The van der Waals surface area contributed by atoms with Crippen molar-refractivity contribution in [2.45, 2.75) is 51.3 Å². The molecule has 7 heteroatoms. The molecule has 2 aliphatic heterocycles. The minimum atomic E-state index is -0.920. The van der Waals surface area contributed by atoms with Crippen molar-refractivity contribution in [2.24, 2.45) is 11.3 Å². The number of hydrogen-bond acceptors (Lipinski definition) is 5. The van der Waals surface area contributed by atoms with Crippen LogP contribution in [0.5, 0.6) is 5.75 Å². The van der Waals surface area contributed by atoms with Crippen LogP contribution in [0.1, 0.15) is 33.6 Å². The van der Waals surface area contributed by atoms with Crippen LogP contribution in [0.15, 0.2) is 24.3 Å². The molecule has 3 N–H and O–H groups in total. The number of hydrogen-bond donors (Lipinski definition) is 3. The summed E-state index contributed by atoms with van der Waals surface area (Å²) in [6, 6.07) is 8.63. The summed E-state index contributed by atoms with van der Waals surface area (Å²) < 4.78 is 5.58. The molecule has 0 aromatic heterocycles. The first-order valence-corrected chi connectivity index (χ1v) is 10.7. The molecule has 160 valence electrons. The fourth-order valence-corrected chi connectivity index (χ4v) is 5.80. The molecule has 1 aliphatic carbocycles. The first kappa shape index (κ1) is 20.3. The number of ether oxygens (including phenoxy) is 1. The largest absolute Gasteiger partial charge is 0.494 e. The van der Waals surface area contributed by atoms with Crippen molar-refractivity contribution in [2.75, 3.05) is 37.7 Å². The molecule has 2 bridgehead atoms. The molecule has 5 unspecified atom stereocenters. The van der Waals surface area contributed by atoms with E-state index in [4.69, 9.17) is 9.84 Å². The number of piperidine rings is 2. The van der Waals surface area contributed by atoms with E-state index >= 15 is 0 Å². The van der Waals surface area contributed by atoms with E-state index in [0.29, 0.717) is 25.1 Å². The molecule has 5 atom stereocenters. The fourth-order valence-electron chi connectivity index (χ4n) is 5.80. The number of nitrogens with zero attached hydrogens (tertiary/aromatic N) is 2. The summed E-state index contributed by atoms with van der Waals surface area (Å²) in [4.78, 5) is 17.4. The summed E-state index contributed by atoms with van der Waals surface area (Å²) in [5, 5.41) is 21.4. The highest BCUT2D eigenvalue weighted by Crippen LogP contribution is 2.64. The van der Waals surface area contributed by atoms with E-state index in [1.807, 2.05) is 24.0 Å². The second-order valence-corrected chi connectivity index (χ2v) is 9.19. The van der Waals surface area contributed by atoms with Crippen LogP contribution in [0.3, 0.4) is 0 Å². The Balaban J connectivity index is 1.51. The lowest BCUT2D eigenvalue weighted by Gasteiger charge is -2.74. The lowest BCUT2D eigenvalue weighted by Crippen LogP contribution is -2.82. The Morgan fingerprint density at radius 3 is 2.66 bits per heavy atom. The zero-order valence-electron chi connectivity index (χ0n) is 17.6. The van der Waals surface area contributed by atoms with Gasteiger partial charge in [-0.15, -0.1) is 0 Å². The fraction of sp³-hybridized carbons (Fsp3) is 0.682. The average Bonchev–Trinajstić information content (AvgIpc) is 2.70. The molecular formula is C22H33N3O4. The Kier molecular flexibility index (Phi) is 5.15. The Morgan fingerprint density at radius 1 is 1.28 bits per heavy atom. The molecule has 3 aliphatic rings. The first-order valence-electron chi connectivity index (χ1n) is 10.7. The highest BCUT2D eigenvalue weighted by molar-refractivity contribution is 5.76. The van der Waals surface area contributed by atoms with Gasteiger partial charge in [0, 0.05) is 36.8 Å². The minimum Gasteiger partial charge on any atom is -0.494 e. The molecule has 2 saturated heterocycles. The number of anilines is 1. The van der Waals surface area contributed by atoms with Gasteiger partial charge in [-0.05, 0) is 56.9 Å². The highest BCUT2D eigenvalue weighted by Gasteiger charge is 2.70. The van der Waals surface area contributed by atoms with Crippen molar-refractivity contribution in [3.8, 4) is 5.75 Å². The third-order valence-corrected chi connectivity index (χ3v) is 7.56. The molecule has 1 aromatic carbocycles. The van der Waals surface area contributed by atoms with Gasteiger partial charge in [0.2, 0.25) is 0 Å². The summed E-state index contributed by atoms with van der Waals surface area (Å²) in [6.07, 6.45) is 1.14. The van der Waals surface area contributed by atoms with Crippen molar-refractivity contribution in [3.05, 3.63) is 24.3 Å². The third kappa shape index (κ3) is 3.15. The zero-order chi connectivity index (χ0) is 20.8. The number of rotatable bonds is 6. The summed E-state index contributed by atoms with van der Waals surface area (Å²) in [5.41, 5.74) is 1.05. The molecule has 0 spiro atoms. The predicted octanol–water partition coefficient (Wildman–Crippen LogP) is 1.83. The topological polar surface area (TPSA) is 85.3 Å². The number of likely N-dealkylation sites (tertiary alicyclic amines) is 1. The van der Waals surface area contributed by atoms with Crippen molar-refractivity contribution in [1.29, 1.82) is 0 Å². The van der Waals surface area contributed by atoms with E-state index in [2.05, 4.69) is 36.2 Å². The van der Waals surface area contributed by atoms with Gasteiger partial charge in [-0.2, -0.15) is 0 Å². The van der Waals surface area contributed by atoms with Gasteiger partial charge in [-0.3, -0.25) is 0 Å². The number of carbonyl (C=O) groups is 1. The molecule has 3 fully saturated rings. The third-order valence-electron chi connectivity index (χ3n) is 7.56. The molecule has 7 nitrogen and oxygen atoms in total. The van der Waals surface area contributed by atoms with Gasteiger partial charge in [0.25, 0.3) is 0 Å². The number of aliphatic hydroxyl groups excluding tert-OH is 2. The normalized spacial score (nSPS) is 33.7. The Hall–Kier alpha value is -1.99. The number of amides is 2. The van der Waals surface area contributed by atoms with Crippen LogP contribution in [0.4, 0.5) is 10.5 Å². The first-order chi connectivity index (χ1) is 13.8. The Bertz CT molecular complexity index is 757. The maximum absolute atomic E-state index is 12.9. The molecule has 2 heterocycles. The summed E-state index contributed by atoms with van der Waals surface area (Å²) in [7, 11) is 0. The number of urea groups is 1. The zero-order valence-corrected chi connectivity index (χ0v) is 17.6. The van der Waals surface area contributed by atoms with E-state index in [-0.39, 0.29) is 30.1 Å². The standard InChI is InChI=1S/C22H33N3O4/c1-4-29-18-7-5-16(6-8-18)24-12-15-9-21(2)19(24)10-22(21,3)25(13-15)20(28)23-11-17(27)14-26/h5-8,15,17,19,26-27H,4,9-14H2,1-3H3,(H,23,28). The van der Waals surface area contributed by atoms with Crippen LogP contribution in [-0.2, 0) is 0 Å². The van der Waals surface area contributed by atoms with Crippen molar-refractivity contribution < 1.29 is 19.7 Å². The lowest BCUT2D eigenvalue weighted by molar-refractivity contribution is -0.161. The van der Waals surface area contributed by atoms with E-state index in [9.17, 15) is 9.90 Å². The van der Waals surface area contributed by atoms with Crippen molar-refractivity contribution >= 4 is 11.7 Å². The monoisotopic (exact) mass is 403 g/mol. The van der Waals surface area contributed by atoms with Gasteiger partial charge >= 0.3 is 6.03 Å². The average molecular weight is 404 g/mol. The molecule has 1 saturated carbocycles. The van der Waals surface area contributed by atoms with Gasteiger partial charge < -0.3 is 30.1 Å². The maximum Gasteiger partial charge on any atom is 0.317 e. The SMILES string of the molecule is CCOc1ccc(N2CC3CN(C(=O)NCC(O)CO)C4(C)CC2C4(C)C3)cc1. The Morgan fingerprint density at radius 2 is 2.00 bits per heavy atom. The minimum absolute atomic E-state index is 0.0275. The van der Waals surface area contributed by atoms with Gasteiger partial charge in [0.15, 0.2) is 0 Å². The molecule has 29 heavy (non-hydrogen) atoms. The van der Waals surface area contributed by atoms with E-state index in [1.165, 1.54) is 5.69 Å². The molecular weight excluding hydrogens is 370 g/mol. The smallest absolute Gasteiger partial charge is 0.317 e. The highest BCUT2D eigenvalue weighted by atomic mass is 16.5. The summed E-state index contributed by atoms with van der Waals surface area (Å²) >= 11 is 0. The number of benzene rings is 1. The number of carbonyl (C=O) groups excluding carboxylic acids is 1. The van der Waals surface area contributed by atoms with E-state index in [0.717, 1.165) is 25.1 Å². The Labute approximate surface area is 172 Å². The van der Waals surface area contributed by atoms with Crippen LogP contribution in [-0.4, -0.2) is 71.7 Å². The second-order valence-electron chi connectivity index (χ2n) is 9.19. The molecule has 1 aromatic rings. The van der Waals surface area contributed by atoms with Gasteiger partial charge in [0.05, 0.1) is 24.9 Å². The van der Waals surface area contributed by atoms with E-state index < -0.39 is 6.10 Å². The van der Waals surface area contributed by atoms with Crippen LogP contribution < -0.4 is 15.0 Å². The van der Waals surface area contributed by atoms with Crippen LogP contribution in [0.25, 0.3) is 0 Å². The number of aliphatic hydroxyl groups is 2. The molecule has 0 radical (unpaired) electrons. The quantitative estimate of drug-likeness (QED) is 0.675. The number of fused-ring (bicyclic) bond motifs is 1. The van der Waals surface area contributed by atoms with Gasteiger partial charge in [-0.1, -0.05) is 6.92 Å². The van der Waals surface area contributed by atoms with Gasteiger partial charge in [-0.25, -0.2) is 4.79 Å². The summed E-state index contributed by atoms with van der Waals surface area (Å²) in [6.45, 7) is 8.54. The van der Waals surface area contributed by atoms with E-state index in [1.54, 1.807) is 0 Å². The van der Waals surface area contributed by atoms with Crippen LogP contribution >= 0.6 is 0 Å². The predicted molar refractivity (Wildman–Crippen MR) is 111 cm³/mol. The van der Waals surface area contributed by atoms with Crippen LogP contribution in [0.2, 0.25) is 0 Å². The number of nitrogens with one attached hydrogen (secondary N) is 1. The molecule has 2 amide bonds. The maximum atomic E-state index is 12.9. The van der Waals surface area contributed by atoms with Crippen molar-refractivity contribution in [1.82, 2.24) is 10.2 Å².